The zero-order valence-electron chi connectivity index (χ0n) is 56.1. The van der Waals surface area contributed by atoms with Crippen LogP contribution in [0.3, 0.4) is 0 Å². The summed E-state index contributed by atoms with van der Waals surface area (Å²) in [6, 6.07) is 0. The molecular formula is C67H125O24P. The van der Waals surface area contributed by atoms with Crippen LogP contribution in [0.4, 0.5) is 0 Å². The Hall–Kier alpha value is -2.04. The van der Waals surface area contributed by atoms with Gasteiger partial charge in [-0.2, -0.15) is 0 Å². The number of phosphoric acid groups is 1. The van der Waals surface area contributed by atoms with Gasteiger partial charge in [-0.3, -0.25) is 23.4 Å². The zero-order valence-corrected chi connectivity index (χ0v) is 57.0. The summed E-state index contributed by atoms with van der Waals surface area (Å²) in [4.78, 5) is 50.8. The molecule has 0 bridgehead atoms. The number of aliphatic hydroxyl groups is 10. The van der Waals surface area contributed by atoms with Gasteiger partial charge in [0.1, 0.15) is 98.7 Å². The molecule has 24 nitrogen and oxygen atoms in total. The highest BCUT2D eigenvalue weighted by molar-refractivity contribution is 7.47. The molecule has 1 aliphatic carbocycles. The number of esters is 3. The van der Waals surface area contributed by atoms with E-state index in [1.807, 2.05) is 0 Å². The van der Waals surface area contributed by atoms with E-state index >= 15 is 0 Å². The summed E-state index contributed by atoms with van der Waals surface area (Å²) in [5, 5.41) is 110. The van der Waals surface area contributed by atoms with Crippen molar-refractivity contribution >= 4 is 25.7 Å². The van der Waals surface area contributed by atoms with Crippen molar-refractivity contribution in [2.75, 3.05) is 26.4 Å². The van der Waals surface area contributed by atoms with E-state index in [1.165, 1.54) is 128 Å². The minimum absolute atomic E-state index is 0.0327. The molecule has 92 heavy (non-hydrogen) atoms. The molecule has 0 aromatic carbocycles. The monoisotopic (exact) mass is 1340 g/mol. The molecule has 2 saturated heterocycles. The van der Waals surface area contributed by atoms with Crippen LogP contribution in [0.2, 0.25) is 0 Å². The Morgan fingerprint density at radius 3 is 1.07 bits per heavy atom. The minimum atomic E-state index is -5.68. The molecule has 11 N–H and O–H groups in total. The second-order valence-electron chi connectivity index (χ2n) is 26.0. The lowest BCUT2D eigenvalue weighted by Gasteiger charge is -2.49. The van der Waals surface area contributed by atoms with Crippen LogP contribution in [0.25, 0.3) is 0 Å². The number of unbranched alkanes of at least 4 members (excludes halogenated alkanes) is 34. The lowest BCUT2D eigenvalue weighted by atomic mass is 9.84. The fourth-order valence-corrected chi connectivity index (χ4v) is 13.0. The molecule has 0 spiro atoms. The summed E-state index contributed by atoms with van der Waals surface area (Å²) in [5.74, 6) is -1.98. The molecule has 3 fully saturated rings. The first-order valence-corrected chi connectivity index (χ1v) is 37.3. The van der Waals surface area contributed by atoms with E-state index < -0.39 is 156 Å². The van der Waals surface area contributed by atoms with Crippen LogP contribution in [0.1, 0.15) is 278 Å². The van der Waals surface area contributed by atoms with Gasteiger partial charge >= 0.3 is 25.7 Å². The molecule has 542 valence electrons. The molecular weight excluding hydrogens is 1220 g/mol. The van der Waals surface area contributed by atoms with Crippen LogP contribution in [0.5, 0.6) is 0 Å². The van der Waals surface area contributed by atoms with Crippen molar-refractivity contribution in [1.29, 1.82) is 0 Å². The second kappa shape index (κ2) is 50.3. The summed E-state index contributed by atoms with van der Waals surface area (Å²) in [6.45, 7) is 3.42. The number of rotatable bonds is 55. The molecule has 0 amide bonds. The number of carbonyl (C=O) groups excluding carboxylic acids is 3. The summed E-state index contributed by atoms with van der Waals surface area (Å²) in [7, 11) is -5.68. The molecule has 3 rings (SSSR count). The lowest BCUT2D eigenvalue weighted by Crippen LogP contribution is -2.69. The average Bonchev–Trinajstić information content (AvgIpc) is 0.779. The quantitative estimate of drug-likeness (QED) is 0.0117. The molecule has 2 heterocycles. The Labute approximate surface area is 549 Å². The van der Waals surface area contributed by atoms with Crippen molar-refractivity contribution in [3.63, 3.8) is 0 Å². The Morgan fingerprint density at radius 2 is 0.696 bits per heavy atom. The predicted molar refractivity (Wildman–Crippen MR) is 342 cm³/mol. The van der Waals surface area contributed by atoms with Gasteiger partial charge < -0.3 is 89.1 Å². The Balaban J connectivity index is 1.76. The maximum atomic E-state index is 14.3. The topological polar surface area (TPSA) is 374 Å². The Bertz CT molecular complexity index is 1920. The van der Waals surface area contributed by atoms with Crippen molar-refractivity contribution < 1.29 is 117 Å². The van der Waals surface area contributed by atoms with Gasteiger partial charge in [-0.1, -0.05) is 239 Å². The van der Waals surface area contributed by atoms with E-state index in [2.05, 4.69) is 20.8 Å². The number of ether oxygens (including phenoxy) is 7. The third-order valence-electron chi connectivity index (χ3n) is 17.9. The highest BCUT2D eigenvalue weighted by Crippen LogP contribution is 2.49. The van der Waals surface area contributed by atoms with Crippen LogP contribution in [-0.2, 0) is 61.2 Å². The standard InChI is InChI=1S/C67H125O24P/c1-4-7-10-13-16-19-22-24-27-30-32-35-38-41-51(69)83-45-48(86-53(71)43-40-37-34-31-28-25-23-20-17-14-11-8-5-2)46-85-92(81,82)91-65-63(89-66-61(79)56(74)54(72)49(44-68)87-66)59(77)58(76)60(78)64(65)90-67-62(80)57(75)55(73)50(88-67)47-84-52(70)42-39-36-33-29-26-21-18-15-12-9-6-3/h48-50,54-68,72-80H,4-47H2,1-3H3,(H,81,82). The largest absolute Gasteiger partial charge is 0.472 e. The van der Waals surface area contributed by atoms with Crippen molar-refractivity contribution in [1.82, 2.24) is 0 Å². The SMILES string of the molecule is CCCCCCCCCCCCCCCC(=O)OCC(COP(=O)(O)OC1C(OC2OC(CO)C(O)C(O)C2O)C(O)C(O)C(O)C1OC1OC(COC(=O)CCCCCCCCCCCCC)C(O)C(O)C1O)OC(=O)CCCCCCCCCCCCCCC. The van der Waals surface area contributed by atoms with Gasteiger partial charge in [-0.15, -0.1) is 0 Å². The van der Waals surface area contributed by atoms with Gasteiger partial charge in [0, 0.05) is 19.3 Å². The summed E-state index contributed by atoms with van der Waals surface area (Å²) >= 11 is 0. The summed E-state index contributed by atoms with van der Waals surface area (Å²) in [5.41, 5.74) is 0. The van der Waals surface area contributed by atoms with Crippen molar-refractivity contribution in [2.24, 2.45) is 0 Å². The molecule has 0 aromatic rings. The Morgan fingerprint density at radius 1 is 0.380 bits per heavy atom. The molecule has 3 aliphatic rings. The summed E-state index contributed by atoms with van der Waals surface area (Å²) < 4.78 is 64.8. The van der Waals surface area contributed by atoms with E-state index in [-0.39, 0.29) is 19.3 Å². The van der Waals surface area contributed by atoms with Crippen LogP contribution in [0.15, 0.2) is 0 Å². The molecule has 18 unspecified atom stereocenters. The highest BCUT2D eigenvalue weighted by atomic mass is 31.2. The van der Waals surface area contributed by atoms with Gasteiger partial charge in [0.25, 0.3) is 0 Å². The van der Waals surface area contributed by atoms with E-state index in [9.17, 15) is 74.9 Å². The second-order valence-corrected chi connectivity index (χ2v) is 27.4. The molecule has 2 aliphatic heterocycles. The van der Waals surface area contributed by atoms with Gasteiger partial charge in [0.15, 0.2) is 18.7 Å². The van der Waals surface area contributed by atoms with Crippen LogP contribution < -0.4 is 0 Å². The first-order valence-electron chi connectivity index (χ1n) is 35.8. The third kappa shape index (κ3) is 34.0. The Kier molecular flexibility index (Phi) is 46.0. The van der Waals surface area contributed by atoms with Crippen molar-refractivity contribution in [3.8, 4) is 0 Å². The summed E-state index contributed by atoms with van der Waals surface area (Å²) in [6.07, 6.45) is 4.86. The molecule has 25 heteroatoms. The number of phosphoric ester groups is 1. The van der Waals surface area contributed by atoms with Gasteiger partial charge in [0.05, 0.1) is 13.2 Å². The van der Waals surface area contributed by atoms with E-state index in [4.69, 9.17) is 42.2 Å². The van der Waals surface area contributed by atoms with Gasteiger partial charge in [0.2, 0.25) is 0 Å². The number of hydrogen-bond acceptors (Lipinski definition) is 23. The fourth-order valence-electron chi connectivity index (χ4n) is 12.0. The van der Waals surface area contributed by atoms with Gasteiger partial charge in [-0.25, -0.2) is 4.57 Å². The first-order chi connectivity index (χ1) is 44.3. The number of aliphatic hydroxyl groups excluding tert-OH is 10. The van der Waals surface area contributed by atoms with E-state index in [0.29, 0.717) is 19.3 Å². The fraction of sp³-hybridized carbons (Fsp3) is 0.955. The average molecular weight is 1350 g/mol. The van der Waals surface area contributed by atoms with E-state index in [1.54, 1.807) is 0 Å². The normalized spacial score (nSPS) is 28.6. The number of hydrogen-bond donors (Lipinski definition) is 11. The van der Waals surface area contributed by atoms with Crippen LogP contribution in [-0.4, -0.2) is 204 Å². The maximum absolute atomic E-state index is 14.3. The highest BCUT2D eigenvalue weighted by Gasteiger charge is 2.58. The first kappa shape index (κ1) is 84.2. The van der Waals surface area contributed by atoms with Gasteiger partial charge in [-0.05, 0) is 19.3 Å². The smallest absolute Gasteiger partial charge is 0.463 e. The van der Waals surface area contributed by atoms with Crippen LogP contribution >= 0.6 is 7.82 Å². The van der Waals surface area contributed by atoms with E-state index in [0.717, 1.165) is 89.9 Å². The van der Waals surface area contributed by atoms with Crippen LogP contribution in [0, 0.1) is 0 Å². The van der Waals surface area contributed by atoms with Crippen molar-refractivity contribution in [2.45, 2.75) is 382 Å². The molecule has 0 radical (unpaired) electrons. The molecule has 0 aromatic heterocycles. The minimum Gasteiger partial charge on any atom is -0.463 e. The predicted octanol–water partition coefficient (Wildman–Crippen LogP) is 8.62. The molecule has 18 atom stereocenters. The number of carbonyl (C=O) groups is 3. The third-order valence-corrected chi connectivity index (χ3v) is 18.9. The zero-order chi connectivity index (χ0) is 67.5. The molecule has 1 saturated carbocycles. The van der Waals surface area contributed by atoms with Crippen molar-refractivity contribution in [3.05, 3.63) is 0 Å². The lowest BCUT2D eigenvalue weighted by molar-refractivity contribution is -0.360. The maximum Gasteiger partial charge on any atom is 0.472 e.